The van der Waals surface area contributed by atoms with E-state index in [4.69, 9.17) is 9.15 Å². The van der Waals surface area contributed by atoms with Crippen LogP contribution in [0.2, 0.25) is 0 Å². The molecule has 2 rings (SSSR count). The van der Waals surface area contributed by atoms with Crippen LogP contribution in [0.25, 0.3) is 0 Å². The van der Waals surface area contributed by atoms with Crippen molar-refractivity contribution < 1.29 is 9.15 Å². The Morgan fingerprint density at radius 1 is 1.37 bits per heavy atom. The molecule has 19 heavy (non-hydrogen) atoms. The summed E-state index contributed by atoms with van der Waals surface area (Å²) in [6.07, 6.45) is 4.68. The van der Waals surface area contributed by atoms with Crippen LogP contribution in [0.4, 0.5) is 0 Å². The quantitative estimate of drug-likeness (QED) is 0.784. The van der Waals surface area contributed by atoms with Gasteiger partial charge < -0.3 is 14.5 Å². The van der Waals surface area contributed by atoms with Crippen LogP contribution in [-0.4, -0.2) is 29.5 Å². The van der Waals surface area contributed by atoms with Crippen molar-refractivity contribution in [1.29, 1.82) is 0 Å². The van der Waals surface area contributed by atoms with E-state index >= 15 is 0 Å². The molecule has 1 saturated carbocycles. The van der Waals surface area contributed by atoms with Crippen molar-refractivity contribution in [2.75, 3.05) is 13.2 Å². The van der Waals surface area contributed by atoms with E-state index < -0.39 is 0 Å². The fourth-order valence-corrected chi connectivity index (χ4v) is 2.43. The van der Waals surface area contributed by atoms with Crippen molar-refractivity contribution in [2.24, 2.45) is 5.92 Å². The van der Waals surface area contributed by atoms with Gasteiger partial charge >= 0.3 is 0 Å². The summed E-state index contributed by atoms with van der Waals surface area (Å²) in [5.41, 5.74) is 0. The predicted octanol–water partition coefficient (Wildman–Crippen LogP) is 2.49. The Kier molecular flexibility index (Phi) is 5.34. The molecule has 108 valence electrons. The van der Waals surface area contributed by atoms with E-state index in [1.165, 1.54) is 0 Å². The highest BCUT2D eigenvalue weighted by atomic mass is 16.5. The number of nitrogens with one attached hydrogen (secondary N) is 1. The number of hydrogen-bond acceptors (Lipinski definition) is 5. The van der Waals surface area contributed by atoms with Gasteiger partial charge in [0.05, 0.1) is 12.1 Å². The van der Waals surface area contributed by atoms with Gasteiger partial charge in [-0.2, -0.15) is 0 Å². The summed E-state index contributed by atoms with van der Waals surface area (Å²) in [6, 6.07) is 0.138. The summed E-state index contributed by atoms with van der Waals surface area (Å²) in [5, 5.41) is 11.6. The summed E-state index contributed by atoms with van der Waals surface area (Å²) in [4.78, 5) is 0. The van der Waals surface area contributed by atoms with Gasteiger partial charge in [-0.1, -0.05) is 6.92 Å². The van der Waals surface area contributed by atoms with E-state index in [2.05, 4.69) is 29.4 Å². The third-order valence-electron chi connectivity index (χ3n) is 3.61. The lowest BCUT2D eigenvalue weighted by molar-refractivity contribution is -0.0256. The maximum absolute atomic E-state index is 5.72. The molecule has 5 nitrogen and oxygen atoms in total. The normalized spacial score (nSPS) is 24.2. The van der Waals surface area contributed by atoms with Crippen molar-refractivity contribution in [2.45, 2.75) is 58.6 Å². The van der Waals surface area contributed by atoms with E-state index in [9.17, 15) is 0 Å². The number of nitrogens with zero attached hydrogens (tertiary/aromatic N) is 2. The summed E-state index contributed by atoms with van der Waals surface area (Å²) in [7, 11) is 0. The van der Waals surface area contributed by atoms with E-state index in [-0.39, 0.29) is 6.04 Å². The molecular weight excluding hydrogens is 242 g/mol. The van der Waals surface area contributed by atoms with E-state index in [1.807, 2.05) is 6.92 Å². The van der Waals surface area contributed by atoms with Gasteiger partial charge in [0.25, 0.3) is 0 Å². The smallest absolute Gasteiger partial charge is 0.233 e. The van der Waals surface area contributed by atoms with Crippen LogP contribution in [0.1, 0.15) is 57.9 Å². The minimum Gasteiger partial charge on any atom is -0.424 e. The van der Waals surface area contributed by atoms with Crippen molar-refractivity contribution in [3.05, 3.63) is 11.8 Å². The van der Waals surface area contributed by atoms with Crippen LogP contribution in [-0.2, 0) is 11.2 Å². The van der Waals surface area contributed by atoms with Crippen LogP contribution >= 0.6 is 0 Å². The molecule has 1 aromatic rings. The van der Waals surface area contributed by atoms with Gasteiger partial charge in [-0.25, -0.2) is 0 Å². The fraction of sp³-hybridized carbons (Fsp3) is 0.857. The zero-order valence-corrected chi connectivity index (χ0v) is 12.2. The predicted molar refractivity (Wildman–Crippen MR) is 72.8 cm³/mol. The van der Waals surface area contributed by atoms with E-state index in [1.54, 1.807) is 0 Å². The van der Waals surface area contributed by atoms with Crippen molar-refractivity contribution in [1.82, 2.24) is 15.5 Å². The highest BCUT2D eigenvalue weighted by molar-refractivity contribution is 4.92. The maximum atomic E-state index is 5.72. The monoisotopic (exact) mass is 267 g/mol. The van der Waals surface area contributed by atoms with E-state index in [0.717, 1.165) is 44.7 Å². The van der Waals surface area contributed by atoms with Crippen LogP contribution in [0.3, 0.4) is 0 Å². The lowest BCUT2D eigenvalue weighted by atomic mass is 9.80. The Balaban J connectivity index is 1.75. The minimum absolute atomic E-state index is 0.138. The second-order valence-corrected chi connectivity index (χ2v) is 5.33. The molecule has 1 aliphatic carbocycles. The van der Waals surface area contributed by atoms with Crippen molar-refractivity contribution >= 4 is 0 Å². The molecule has 1 aromatic heterocycles. The Morgan fingerprint density at radius 3 is 2.84 bits per heavy atom. The average Bonchev–Trinajstić information content (AvgIpc) is 2.82. The zero-order chi connectivity index (χ0) is 13.7. The largest absolute Gasteiger partial charge is 0.424 e. The number of rotatable bonds is 8. The standard InChI is InChI=1S/C14H25N3O2/c1-4-6-15-10(3)14-17-16-13(19-14)9-11-7-12(8-11)18-5-2/h10-12,15H,4-9H2,1-3H3. The first-order valence-electron chi connectivity index (χ1n) is 7.40. The van der Waals surface area contributed by atoms with Gasteiger partial charge in [0, 0.05) is 13.0 Å². The third-order valence-corrected chi connectivity index (χ3v) is 3.61. The summed E-state index contributed by atoms with van der Waals surface area (Å²) < 4.78 is 11.3. The second kappa shape index (κ2) is 7.01. The summed E-state index contributed by atoms with van der Waals surface area (Å²) in [5.74, 6) is 2.10. The molecule has 0 aromatic carbocycles. The lowest BCUT2D eigenvalue weighted by Crippen LogP contribution is -2.32. The Hall–Kier alpha value is -0.940. The maximum Gasteiger partial charge on any atom is 0.233 e. The van der Waals surface area contributed by atoms with Crippen molar-refractivity contribution in [3.63, 3.8) is 0 Å². The molecule has 0 spiro atoms. The highest BCUT2D eigenvalue weighted by Gasteiger charge is 2.31. The molecule has 1 atom stereocenters. The molecule has 0 amide bonds. The zero-order valence-electron chi connectivity index (χ0n) is 12.2. The molecule has 1 aliphatic rings. The van der Waals surface area contributed by atoms with Gasteiger partial charge in [-0.15, -0.1) is 10.2 Å². The lowest BCUT2D eigenvalue weighted by Gasteiger charge is -2.34. The Bertz CT molecular complexity index is 375. The minimum atomic E-state index is 0.138. The summed E-state index contributed by atoms with van der Waals surface area (Å²) >= 11 is 0. The fourth-order valence-electron chi connectivity index (χ4n) is 2.43. The second-order valence-electron chi connectivity index (χ2n) is 5.33. The molecule has 1 N–H and O–H groups in total. The third kappa shape index (κ3) is 4.01. The average molecular weight is 267 g/mol. The topological polar surface area (TPSA) is 60.2 Å². The first-order valence-corrected chi connectivity index (χ1v) is 7.40. The van der Waals surface area contributed by atoms with E-state index in [0.29, 0.717) is 17.9 Å². The summed E-state index contributed by atoms with van der Waals surface area (Å²) in [6.45, 7) is 8.02. The Labute approximate surface area is 115 Å². The van der Waals surface area contributed by atoms with Gasteiger partial charge in [0.15, 0.2) is 0 Å². The molecule has 1 fully saturated rings. The van der Waals surface area contributed by atoms with Crippen LogP contribution in [0.5, 0.6) is 0 Å². The SMILES string of the molecule is CCCNC(C)c1nnc(CC2CC(OCC)C2)o1. The van der Waals surface area contributed by atoms with Crippen LogP contribution in [0, 0.1) is 5.92 Å². The van der Waals surface area contributed by atoms with Gasteiger partial charge in [-0.05, 0) is 45.6 Å². The molecular formula is C14H25N3O2. The number of ether oxygens (including phenoxy) is 1. The molecule has 0 aliphatic heterocycles. The van der Waals surface area contributed by atoms with Crippen LogP contribution < -0.4 is 5.32 Å². The molecule has 1 heterocycles. The molecule has 0 radical (unpaired) electrons. The van der Waals surface area contributed by atoms with Crippen molar-refractivity contribution in [3.8, 4) is 0 Å². The first-order chi connectivity index (χ1) is 9.22. The molecule has 5 heteroatoms. The van der Waals surface area contributed by atoms with Crippen LogP contribution in [0.15, 0.2) is 4.42 Å². The molecule has 0 saturated heterocycles. The van der Waals surface area contributed by atoms with Gasteiger partial charge in [0.2, 0.25) is 11.8 Å². The van der Waals surface area contributed by atoms with Gasteiger partial charge in [0.1, 0.15) is 0 Å². The first kappa shape index (κ1) is 14.5. The Morgan fingerprint density at radius 2 is 2.16 bits per heavy atom. The van der Waals surface area contributed by atoms with Gasteiger partial charge in [-0.3, -0.25) is 0 Å². The number of aromatic nitrogens is 2. The number of hydrogen-bond donors (Lipinski definition) is 1. The molecule has 0 bridgehead atoms. The molecule has 1 unspecified atom stereocenters. The highest BCUT2D eigenvalue weighted by Crippen LogP contribution is 2.32.